The fourth-order valence-corrected chi connectivity index (χ4v) is 3.21. The van der Waals surface area contributed by atoms with Gasteiger partial charge in [0.05, 0.1) is 11.6 Å². The van der Waals surface area contributed by atoms with Gasteiger partial charge in [0.2, 0.25) is 0 Å². The van der Waals surface area contributed by atoms with Crippen LogP contribution in [0, 0.1) is 11.7 Å². The van der Waals surface area contributed by atoms with Gasteiger partial charge in [-0.2, -0.15) is 0 Å². The van der Waals surface area contributed by atoms with E-state index in [4.69, 9.17) is 21.1 Å². The molecule has 0 aliphatic carbocycles. The van der Waals surface area contributed by atoms with Crippen molar-refractivity contribution in [2.24, 2.45) is 5.92 Å². The van der Waals surface area contributed by atoms with E-state index in [1.54, 1.807) is 4.90 Å². The Hall–Kier alpha value is -1.53. The summed E-state index contributed by atoms with van der Waals surface area (Å²) >= 11 is 5.84. The first-order valence-electron chi connectivity index (χ1n) is 9.49. The quantitative estimate of drug-likeness (QED) is 0.757. The largest absolute Gasteiger partial charge is 0.493 e. The second-order valence-electron chi connectivity index (χ2n) is 7.85. The summed E-state index contributed by atoms with van der Waals surface area (Å²) in [5, 5.41) is 3.44. The molecule has 1 aliphatic rings. The van der Waals surface area contributed by atoms with Crippen molar-refractivity contribution >= 4 is 17.7 Å². The highest BCUT2D eigenvalue weighted by Crippen LogP contribution is 2.27. The normalized spacial score (nSPS) is 15.7. The van der Waals surface area contributed by atoms with Crippen LogP contribution in [-0.4, -0.2) is 42.8 Å². The molecule has 0 radical (unpaired) electrons. The number of nitrogens with one attached hydrogen (secondary N) is 1. The van der Waals surface area contributed by atoms with Crippen molar-refractivity contribution in [3.63, 3.8) is 0 Å². The summed E-state index contributed by atoms with van der Waals surface area (Å²) in [4.78, 5) is 13.9. The van der Waals surface area contributed by atoms with Crippen molar-refractivity contribution in [3.8, 4) is 5.75 Å². The zero-order valence-corrected chi connectivity index (χ0v) is 17.4. The molecule has 0 atom stereocenters. The second kappa shape index (κ2) is 9.60. The third-order valence-electron chi connectivity index (χ3n) is 4.42. The maximum atomic E-state index is 13.8. The van der Waals surface area contributed by atoms with Gasteiger partial charge < -0.3 is 19.7 Å². The van der Waals surface area contributed by atoms with Gasteiger partial charge in [-0.1, -0.05) is 11.6 Å². The monoisotopic (exact) mass is 400 g/mol. The topological polar surface area (TPSA) is 50.8 Å². The van der Waals surface area contributed by atoms with Crippen molar-refractivity contribution in [3.05, 3.63) is 28.5 Å². The molecule has 1 aromatic rings. The van der Waals surface area contributed by atoms with Crippen LogP contribution in [0.5, 0.6) is 5.75 Å². The van der Waals surface area contributed by atoms with Gasteiger partial charge in [0.25, 0.3) is 0 Å². The number of ether oxygens (including phenoxy) is 2. The van der Waals surface area contributed by atoms with Gasteiger partial charge in [0, 0.05) is 31.3 Å². The molecule has 152 valence electrons. The minimum Gasteiger partial charge on any atom is -0.493 e. The highest BCUT2D eigenvalue weighted by molar-refractivity contribution is 6.30. The Bertz CT molecular complexity index is 641. The number of hydrogen-bond donors (Lipinski definition) is 1. The Labute approximate surface area is 166 Å². The molecule has 1 N–H and O–H groups in total. The number of halogens is 2. The van der Waals surface area contributed by atoms with E-state index in [1.165, 1.54) is 12.1 Å². The zero-order valence-electron chi connectivity index (χ0n) is 16.6. The second-order valence-corrected chi connectivity index (χ2v) is 8.26. The molecule has 0 unspecified atom stereocenters. The Morgan fingerprint density at radius 2 is 2.00 bits per heavy atom. The zero-order chi connectivity index (χ0) is 20.0. The Balaban J connectivity index is 1.79. The SMILES string of the molecule is CCOc1cc(Cl)c(F)cc1CNCC1CCN(C(=O)OC(C)(C)C)CC1. The number of rotatable bonds is 6. The molecule has 0 aromatic heterocycles. The van der Waals surface area contributed by atoms with Crippen LogP contribution in [0.2, 0.25) is 5.02 Å². The van der Waals surface area contributed by atoms with Crippen LogP contribution in [0.1, 0.15) is 46.1 Å². The fraction of sp³-hybridized carbons (Fsp3) is 0.650. The smallest absolute Gasteiger partial charge is 0.410 e. The van der Waals surface area contributed by atoms with Crippen molar-refractivity contribution < 1.29 is 18.7 Å². The summed E-state index contributed by atoms with van der Waals surface area (Å²) in [5.74, 6) is 0.634. The van der Waals surface area contributed by atoms with Gasteiger partial charge in [0.15, 0.2) is 0 Å². The molecular formula is C20H30ClFN2O3. The van der Waals surface area contributed by atoms with Crippen molar-refractivity contribution in [2.45, 2.75) is 52.7 Å². The van der Waals surface area contributed by atoms with Gasteiger partial charge in [-0.15, -0.1) is 0 Å². The maximum absolute atomic E-state index is 13.8. The number of piperidine rings is 1. The lowest BCUT2D eigenvalue weighted by molar-refractivity contribution is 0.0184. The highest BCUT2D eigenvalue weighted by atomic mass is 35.5. The van der Waals surface area contributed by atoms with Crippen LogP contribution < -0.4 is 10.1 Å². The van der Waals surface area contributed by atoms with Crippen LogP contribution in [0.3, 0.4) is 0 Å². The van der Waals surface area contributed by atoms with E-state index in [2.05, 4.69) is 5.32 Å². The van der Waals surface area contributed by atoms with E-state index in [0.717, 1.165) is 24.9 Å². The molecule has 0 bridgehead atoms. The summed E-state index contributed by atoms with van der Waals surface area (Å²) in [7, 11) is 0. The number of hydrogen-bond acceptors (Lipinski definition) is 4. The molecule has 1 amide bonds. The molecule has 1 heterocycles. The number of carbonyl (C=O) groups excluding carboxylic acids is 1. The number of carbonyl (C=O) groups is 1. The highest BCUT2D eigenvalue weighted by Gasteiger charge is 2.26. The first-order chi connectivity index (χ1) is 12.7. The van der Waals surface area contributed by atoms with Gasteiger partial charge in [-0.3, -0.25) is 0 Å². The maximum Gasteiger partial charge on any atom is 0.410 e. The third kappa shape index (κ3) is 6.85. The summed E-state index contributed by atoms with van der Waals surface area (Å²) in [6, 6.07) is 2.95. The lowest BCUT2D eigenvalue weighted by Crippen LogP contribution is -2.43. The molecule has 0 saturated carbocycles. The Kier molecular flexibility index (Phi) is 7.74. The third-order valence-corrected chi connectivity index (χ3v) is 4.71. The van der Waals surface area contributed by atoms with Crippen molar-refractivity contribution in [1.29, 1.82) is 0 Å². The van der Waals surface area contributed by atoms with Gasteiger partial charge >= 0.3 is 6.09 Å². The van der Waals surface area contributed by atoms with Gasteiger partial charge in [0.1, 0.15) is 17.2 Å². The summed E-state index contributed by atoms with van der Waals surface area (Å²) in [5.41, 5.74) is 0.284. The lowest BCUT2D eigenvalue weighted by atomic mass is 9.97. The fourth-order valence-electron chi connectivity index (χ4n) is 3.05. The van der Waals surface area contributed by atoms with E-state index in [0.29, 0.717) is 37.9 Å². The van der Waals surface area contributed by atoms with E-state index < -0.39 is 11.4 Å². The average Bonchev–Trinajstić information content (AvgIpc) is 2.58. The predicted molar refractivity (Wildman–Crippen MR) is 105 cm³/mol. The number of amides is 1. The number of nitrogens with zero attached hydrogens (tertiary/aromatic N) is 1. The molecule has 1 saturated heterocycles. The van der Waals surface area contributed by atoms with E-state index in [9.17, 15) is 9.18 Å². The van der Waals surface area contributed by atoms with Crippen LogP contribution in [0.25, 0.3) is 0 Å². The van der Waals surface area contributed by atoms with E-state index >= 15 is 0 Å². The van der Waals surface area contributed by atoms with E-state index in [1.807, 2.05) is 27.7 Å². The van der Waals surface area contributed by atoms with Crippen LogP contribution in [0.4, 0.5) is 9.18 Å². The minimum atomic E-state index is -0.471. The predicted octanol–water partition coefficient (Wildman–Crippen LogP) is 4.61. The molecule has 1 fully saturated rings. The molecule has 1 aliphatic heterocycles. The first-order valence-corrected chi connectivity index (χ1v) is 9.86. The summed E-state index contributed by atoms with van der Waals surface area (Å²) in [6.45, 7) is 10.7. The standard InChI is InChI=1S/C20H30ClFN2O3/c1-5-26-18-11-16(21)17(22)10-15(18)13-23-12-14-6-8-24(9-7-14)19(25)27-20(2,3)4/h10-11,14,23H,5-9,12-13H2,1-4H3. The molecule has 7 heteroatoms. The molecule has 27 heavy (non-hydrogen) atoms. The van der Waals surface area contributed by atoms with E-state index in [-0.39, 0.29) is 11.1 Å². The molecule has 5 nitrogen and oxygen atoms in total. The lowest BCUT2D eigenvalue weighted by Gasteiger charge is -2.33. The van der Waals surface area contributed by atoms with Crippen LogP contribution >= 0.6 is 11.6 Å². The number of likely N-dealkylation sites (tertiary alicyclic amines) is 1. The Morgan fingerprint density at radius 3 is 2.59 bits per heavy atom. The first kappa shape index (κ1) is 21.8. The Morgan fingerprint density at radius 1 is 1.33 bits per heavy atom. The van der Waals surface area contributed by atoms with Gasteiger partial charge in [-0.05, 0) is 59.1 Å². The van der Waals surface area contributed by atoms with Crippen LogP contribution in [0.15, 0.2) is 12.1 Å². The van der Waals surface area contributed by atoms with Crippen molar-refractivity contribution in [1.82, 2.24) is 10.2 Å². The van der Waals surface area contributed by atoms with Crippen LogP contribution in [-0.2, 0) is 11.3 Å². The number of benzene rings is 1. The summed E-state index contributed by atoms with van der Waals surface area (Å²) in [6.07, 6.45) is 1.59. The summed E-state index contributed by atoms with van der Waals surface area (Å²) < 4.78 is 24.7. The molecule has 1 aromatic carbocycles. The average molecular weight is 401 g/mol. The minimum absolute atomic E-state index is 0.0664. The van der Waals surface area contributed by atoms with Gasteiger partial charge in [-0.25, -0.2) is 9.18 Å². The van der Waals surface area contributed by atoms with Crippen molar-refractivity contribution in [2.75, 3.05) is 26.2 Å². The molecule has 0 spiro atoms. The molecular weight excluding hydrogens is 371 g/mol. The molecule has 2 rings (SSSR count).